The largest absolute Gasteiger partial charge is 0.406 e. The summed E-state index contributed by atoms with van der Waals surface area (Å²) in [5.41, 5.74) is 1.98. The molecule has 7 heteroatoms. The van der Waals surface area contributed by atoms with E-state index < -0.39 is 24.7 Å². The highest BCUT2D eigenvalue weighted by Gasteiger charge is 2.41. The van der Waals surface area contributed by atoms with Gasteiger partial charge in [-0.2, -0.15) is 13.2 Å². The van der Waals surface area contributed by atoms with Crippen LogP contribution in [0.4, 0.5) is 13.2 Å². The fourth-order valence-corrected chi connectivity index (χ4v) is 2.82. The van der Waals surface area contributed by atoms with Crippen molar-refractivity contribution in [3.05, 3.63) is 35.4 Å². The molecule has 0 saturated carbocycles. The highest BCUT2D eigenvalue weighted by Crippen LogP contribution is 2.23. The van der Waals surface area contributed by atoms with E-state index in [1.165, 1.54) is 11.9 Å². The van der Waals surface area contributed by atoms with Gasteiger partial charge in [0.25, 0.3) is 0 Å². The normalized spacial score (nSPS) is 18.1. The van der Waals surface area contributed by atoms with E-state index >= 15 is 0 Å². The van der Waals surface area contributed by atoms with Crippen molar-refractivity contribution in [3.8, 4) is 0 Å². The van der Waals surface area contributed by atoms with Gasteiger partial charge in [-0.1, -0.05) is 31.2 Å². The molecule has 1 aromatic rings. The van der Waals surface area contributed by atoms with E-state index in [-0.39, 0.29) is 25.3 Å². The van der Waals surface area contributed by atoms with Crippen molar-refractivity contribution in [2.75, 3.05) is 20.1 Å². The Labute approximate surface area is 139 Å². The molecule has 1 fully saturated rings. The molecule has 1 atom stereocenters. The van der Waals surface area contributed by atoms with Crippen LogP contribution in [0, 0.1) is 0 Å². The topological polar surface area (TPSA) is 40.6 Å². The predicted molar refractivity (Wildman–Crippen MR) is 83.3 cm³/mol. The number of alkyl halides is 3. The van der Waals surface area contributed by atoms with E-state index in [1.54, 1.807) is 0 Å². The van der Waals surface area contributed by atoms with Gasteiger partial charge >= 0.3 is 6.18 Å². The minimum absolute atomic E-state index is 0.0197. The summed E-state index contributed by atoms with van der Waals surface area (Å²) in [5.74, 6) is -0.907. The number of hydrogen-bond acceptors (Lipinski definition) is 2. The number of carbonyl (C=O) groups excluding carboxylic acids is 2. The lowest BCUT2D eigenvalue weighted by atomic mass is 10.1. The van der Waals surface area contributed by atoms with E-state index in [9.17, 15) is 22.8 Å². The molecule has 1 aliphatic heterocycles. The van der Waals surface area contributed by atoms with Crippen LogP contribution in [0.15, 0.2) is 24.3 Å². The van der Waals surface area contributed by atoms with Crippen molar-refractivity contribution < 1.29 is 22.8 Å². The van der Waals surface area contributed by atoms with Crippen molar-refractivity contribution in [2.45, 2.75) is 38.4 Å². The van der Waals surface area contributed by atoms with Crippen LogP contribution in [0.1, 0.15) is 24.5 Å². The number of likely N-dealkylation sites (tertiary alicyclic amines) is 1. The summed E-state index contributed by atoms with van der Waals surface area (Å²) in [4.78, 5) is 26.5. The molecular formula is C17H21F3N2O2. The van der Waals surface area contributed by atoms with Crippen LogP contribution in [0.3, 0.4) is 0 Å². The zero-order valence-corrected chi connectivity index (χ0v) is 13.8. The molecule has 1 aromatic carbocycles. The zero-order valence-electron chi connectivity index (χ0n) is 13.8. The summed E-state index contributed by atoms with van der Waals surface area (Å²) in [6, 6.07) is 6.78. The van der Waals surface area contributed by atoms with E-state index in [1.807, 2.05) is 31.2 Å². The quantitative estimate of drug-likeness (QED) is 0.825. The Kier molecular flexibility index (Phi) is 5.51. The molecule has 0 N–H and O–H groups in total. The molecule has 0 spiro atoms. The molecule has 0 radical (unpaired) electrons. The minimum atomic E-state index is -4.42. The third-order valence-corrected chi connectivity index (χ3v) is 4.29. The highest BCUT2D eigenvalue weighted by atomic mass is 19.4. The van der Waals surface area contributed by atoms with Crippen molar-refractivity contribution in [2.24, 2.45) is 0 Å². The molecular weight excluding hydrogens is 321 g/mol. The number of halogens is 3. The molecule has 1 unspecified atom stereocenters. The average Bonchev–Trinajstić information content (AvgIpc) is 2.86. The maximum absolute atomic E-state index is 12.4. The van der Waals surface area contributed by atoms with Gasteiger partial charge in [-0.05, 0) is 24.0 Å². The second-order valence-electron chi connectivity index (χ2n) is 6.03. The van der Waals surface area contributed by atoms with Crippen molar-refractivity contribution in [1.29, 1.82) is 0 Å². The Morgan fingerprint density at radius 3 is 2.38 bits per heavy atom. The molecule has 0 bridgehead atoms. The fraction of sp³-hybridized carbons (Fsp3) is 0.529. The van der Waals surface area contributed by atoms with E-state index in [2.05, 4.69) is 0 Å². The maximum Gasteiger partial charge on any atom is 0.406 e. The summed E-state index contributed by atoms with van der Waals surface area (Å²) in [5, 5.41) is 0. The number of amides is 2. The Bertz CT molecular complexity index is 599. The lowest BCUT2D eigenvalue weighted by molar-refractivity contribution is -0.159. The number of carbonyl (C=O) groups is 2. The lowest BCUT2D eigenvalue weighted by Gasteiger charge is -2.24. The molecule has 2 amide bonds. The van der Waals surface area contributed by atoms with Crippen LogP contribution in [0.5, 0.6) is 0 Å². The zero-order chi connectivity index (χ0) is 17.9. The van der Waals surface area contributed by atoms with Gasteiger partial charge in [0.05, 0.1) is 6.42 Å². The molecule has 1 saturated heterocycles. The monoisotopic (exact) mass is 342 g/mol. The van der Waals surface area contributed by atoms with Gasteiger partial charge < -0.3 is 9.80 Å². The van der Waals surface area contributed by atoms with Crippen molar-refractivity contribution in [3.63, 3.8) is 0 Å². The van der Waals surface area contributed by atoms with Gasteiger partial charge in [0.15, 0.2) is 0 Å². The number of rotatable bonds is 5. The maximum atomic E-state index is 12.4. The minimum Gasteiger partial charge on any atom is -0.333 e. The first-order valence-electron chi connectivity index (χ1n) is 7.90. The number of aryl methyl sites for hydroxylation is 1. The number of benzene rings is 1. The molecule has 24 heavy (non-hydrogen) atoms. The second-order valence-corrected chi connectivity index (χ2v) is 6.03. The van der Waals surface area contributed by atoms with Gasteiger partial charge in [-0.3, -0.25) is 9.59 Å². The van der Waals surface area contributed by atoms with E-state index in [0.29, 0.717) is 0 Å². The number of hydrogen-bond donors (Lipinski definition) is 0. The summed E-state index contributed by atoms with van der Waals surface area (Å²) < 4.78 is 37.3. The Hall–Kier alpha value is -2.05. The lowest BCUT2D eigenvalue weighted by Crippen LogP contribution is -2.45. The predicted octanol–water partition coefficient (Wildman–Crippen LogP) is 2.41. The third kappa shape index (κ3) is 4.49. The van der Waals surface area contributed by atoms with Crippen LogP contribution in [0.25, 0.3) is 0 Å². The first-order chi connectivity index (χ1) is 11.2. The van der Waals surface area contributed by atoms with Crippen molar-refractivity contribution >= 4 is 11.8 Å². The Balaban J connectivity index is 1.96. The standard InChI is InChI=1S/C17H21F3N2O2/c1-3-12-4-6-13(7-5-12)10-15(23)21(2)14-8-9-22(16(14)24)11-17(18,19)20/h4-7,14H,3,8-11H2,1-2H3. The number of likely N-dealkylation sites (N-methyl/N-ethyl adjacent to an activating group) is 1. The van der Waals surface area contributed by atoms with Gasteiger partial charge in [0.2, 0.25) is 11.8 Å². The second kappa shape index (κ2) is 7.23. The summed E-state index contributed by atoms with van der Waals surface area (Å²) >= 11 is 0. The fourth-order valence-electron chi connectivity index (χ4n) is 2.82. The summed E-state index contributed by atoms with van der Waals surface area (Å²) in [7, 11) is 1.47. The molecule has 1 heterocycles. The molecule has 0 aliphatic carbocycles. The highest BCUT2D eigenvalue weighted by molar-refractivity contribution is 5.89. The van der Waals surface area contributed by atoms with Crippen LogP contribution in [0.2, 0.25) is 0 Å². The first kappa shape index (κ1) is 18.3. The van der Waals surface area contributed by atoms with Gasteiger partial charge in [0, 0.05) is 13.6 Å². The molecule has 4 nitrogen and oxygen atoms in total. The van der Waals surface area contributed by atoms with Gasteiger partial charge in [0.1, 0.15) is 12.6 Å². The summed E-state index contributed by atoms with van der Waals surface area (Å²) in [6.07, 6.45) is -3.16. The van der Waals surface area contributed by atoms with Crippen LogP contribution >= 0.6 is 0 Å². The summed E-state index contributed by atoms with van der Waals surface area (Å²) in [6.45, 7) is 0.793. The van der Waals surface area contributed by atoms with Gasteiger partial charge in [-0.25, -0.2) is 0 Å². The SMILES string of the molecule is CCc1ccc(CC(=O)N(C)C2CCN(CC(F)(F)F)C2=O)cc1. The first-order valence-corrected chi connectivity index (χ1v) is 7.90. The average molecular weight is 342 g/mol. The van der Waals surface area contributed by atoms with E-state index in [0.717, 1.165) is 22.4 Å². The van der Waals surface area contributed by atoms with Crippen LogP contribution in [-0.4, -0.2) is 54.0 Å². The Morgan fingerprint density at radius 1 is 1.25 bits per heavy atom. The Morgan fingerprint density at radius 2 is 1.83 bits per heavy atom. The van der Waals surface area contributed by atoms with E-state index in [4.69, 9.17) is 0 Å². The number of nitrogens with zero attached hydrogens (tertiary/aromatic N) is 2. The van der Waals surface area contributed by atoms with Gasteiger partial charge in [-0.15, -0.1) is 0 Å². The molecule has 132 valence electrons. The smallest absolute Gasteiger partial charge is 0.333 e. The van der Waals surface area contributed by atoms with Crippen LogP contribution < -0.4 is 0 Å². The third-order valence-electron chi connectivity index (χ3n) is 4.29. The molecule has 1 aliphatic rings. The van der Waals surface area contributed by atoms with Crippen LogP contribution in [-0.2, 0) is 22.4 Å². The molecule has 0 aromatic heterocycles. The van der Waals surface area contributed by atoms with Crippen molar-refractivity contribution in [1.82, 2.24) is 9.80 Å². The molecule has 2 rings (SSSR count).